The summed E-state index contributed by atoms with van der Waals surface area (Å²) in [5.74, 6) is 0. The van der Waals surface area contributed by atoms with Gasteiger partial charge >= 0.3 is 0 Å². The van der Waals surface area contributed by atoms with Gasteiger partial charge < -0.3 is 0 Å². The minimum Gasteiger partial charge on any atom is -0.231 e. The molecule has 76 valence electrons. The van der Waals surface area contributed by atoms with E-state index in [9.17, 15) is 0 Å². The van der Waals surface area contributed by atoms with Crippen molar-refractivity contribution in [1.82, 2.24) is 10.0 Å². The van der Waals surface area contributed by atoms with Crippen LogP contribution < -0.4 is 0 Å². The van der Waals surface area contributed by atoms with Crippen LogP contribution in [0.5, 0.6) is 0 Å². The molecule has 4 bridgehead atoms. The minimum atomic E-state index is 0.757. The fraction of sp³-hybridized carbons (Fsp3) is 0.833. The minimum absolute atomic E-state index is 0.757. The van der Waals surface area contributed by atoms with E-state index >= 15 is 0 Å². The Morgan fingerprint density at radius 3 is 1.43 bits per heavy atom. The number of fused-ring (bicyclic) bond motifs is 3. The number of hydrogen-bond acceptors (Lipinski definition) is 2. The average Bonchev–Trinajstić information content (AvgIpc) is 2.32. The largest absolute Gasteiger partial charge is 0.231 e. The maximum atomic E-state index is 2.74. The lowest BCUT2D eigenvalue weighted by atomic mass is 9.80. The molecule has 2 heteroatoms. The first-order valence-electron chi connectivity index (χ1n) is 6.18. The van der Waals surface area contributed by atoms with Crippen molar-refractivity contribution in [3.8, 4) is 0 Å². The van der Waals surface area contributed by atoms with Crippen LogP contribution in [0.2, 0.25) is 0 Å². The second-order valence-corrected chi connectivity index (χ2v) is 5.32. The normalized spacial score (nSPS) is 58.9. The molecule has 0 spiro atoms. The van der Waals surface area contributed by atoms with Crippen LogP contribution in [0.3, 0.4) is 0 Å². The molecular formula is C12H18N2. The number of hydrogen-bond donors (Lipinski definition) is 0. The third kappa shape index (κ3) is 0.842. The topological polar surface area (TPSA) is 6.48 Å². The Morgan fingerprint density at radius 2 is 1.07 bits per heavy atom. The SMILES string of the molecule is C1=CC2CCC1N1C3CCC(CC3)N21. The zero-order valence-electron chi connectivity index (χ0n) is 8.60. The molecule has 2 nitrogen and oxygen atoms in total. The van der Waals surface area contributed by atoms with E-state index in [2.05, 4.69) is 22.2 Å². The van der Waals surface area contributed by atoms with E-state index in [4.69, 9.17) is 0 Å². The summed E-state index contributed by atoms with van der Waals surface area (Å²) in [5, 5.41) is 5.48. The summed E-state index contributed by atoms with van der Waals surface area (Å²) in [4.78, 5) is 0. The summed E-state index contributed by atoms with van der Waals surface area (Å²) < 4.78 is 0. The van der Waals surface area contributed by atoms with Crippen molar-refractivity contribution in [1.29, 1.82) is 0 Å². The lowest BCUT2D eigenvalue weighted by Gasteiger charge is -2.62. The van der Waals surface area contributed by atoms with Crippen LogP contribution >= 0.6 is 0 Å². The van der Waals surface area contributed by atoms with E-state index in [1.54, 1.807) is 0 Å². The molecule has 6 rings (SSSR count). The maximum absolute atomic E-state index is 2.74. The first-order valence-corrected chi connectivity index (χ1v) is 6.18. The molecule has 0 radical (unpaired) electrons. The highest BCUT2D eigenvalue weighted by atomic mass is 15.7. The van der Waals surface area contributed by atoms with E-state index in [0.29, 0.717) is 0 Å². The number of nitrogens with zero attached hydrogens (tertiary/aromatic N) is 2. The van der Waals surface area contributed by atoms with Crippen molar-refractivity contribution in [2.24, 2.45) is 0 Å². The van der Waals surface area contributed by atoms with Crippen molar-refractivity contribution in [3.05, 3.63) is 12.2 Å². The second kappa shape index (κ2) is 2.61. The molecule has 4 fully saturated rings. The van der Waals surface area contributed by atoms with Crippen LogP contribution in [-0.2, 0) is 0 Å². The van der Waals surface area contributed by atoms with Crippen molar-refractivity contribution < 1.29 is 0 Å². The molecule has 0 aromatic heterocycles. The van der Waals surface area contributed by atoms with Gasteiger partial charge in [0.05, 0.1) is 0 Å². The van der Waals surface area contributed by atoms with Crippen molar-refractivity contribution in [3.63, 3.8) is 0 Å². The van der Waals surface area contributed by atoms with Crippen LogP contribution in [0, 0.1) is 0 Å². The van der Waals surface area contributed by atoms with Gasteiger partial charge in [0.25, 0.3) is 0 Å². The molecule has 6 aliphatic rings. The summed E-state index contributed by atoms with van der Waals surface area (Å²) >= 11 is 0. The third-order valence-electron chi connectivity index (χ3n) is 4.67. The predicted molar refractivity (Wildman–Crippen MR) is 55.7 cm³/mol. The summed E-state index contributed by atoms with van der Waals surface area (Å²) in [7, 11) is 0. The quantitative estimate of drug-likeness (QED) is 0.539. The van der Waals surface area contributed by atoms with Crippen molar-refractivity contribution in [2.45, 2.75) is 62.7 Å². The van der Waals surface area contributed by atoms with Gasteiger partial charge in [0, 0.05) is 24.2 Å². The summed E-state index contributed by atoms with van der Waals surface area (Å²) in [5.41, 5.74) is 0. The fourth-order valence-electron chi connectivity index (χ4n) is 4.08. The molecule has 1 saturated carbocycles. The van der Waals surface area contributed by atoms with E-state index in [-0.39, 0.29) is 0 Å². The molecule has 14 heavy (non-hydrogen) atoms. The Hall–Kier alpha value is -0.340. The zero-order valence-corrected chi connectivity index (χ0v) is 8.60. The predicted octanol–water partition coefficient (Wildman–Crippen LogP) is 1.93. The Labute approximate surface area is 85.5 Å². The highest BCUT2D eigenvalue weighted by molar-refractivity contribution is 5.14. The van der Waals surface area contributed by atoms with E-state index in [0.717, 1.165) is 24.2 Å². The standard InChI is InChI=1S/C12H18N2/c1-2-10-4-3-9(1)13-11-5-7-12(8-6-11)14(10)13/h1-2,9-12H,3-8H2. The summed E-state index contributed by atoms with van der Waals surface area (Å²) in [6, 6.07) is 3.29. The Kier molecular flexibility index (Phi) is 1.47. The van der Waals surface area contributed by atoms with Crippen LogP contribution in [0.15, 0.2) is 12.2 Å². The van der Waals surface area contributed by atoms with Crippen molar-refractivity contribution >= 4 is 0 Å². The number of hydrazine groups is 1. The molecule has 0 N–H and O–H groups in total. The lowest BCUT2D eigenvalue weighted by Crippen LogP contribution is -2.70. The lowest BCUT2D eigenvalue weighted by molar-refractivity contribution is -0.213. The summed E-state index contributed by atoms with van der Waals surface area (Å²) in [6.45, 7) is 0. The van der Waals surface area contributed by atoms with Gasteiger partial charge in [0.2, 0.25) is 0 Å². The first kappa shape index (κ1) is 7.89. The fourth-order valence-corrected chi connectivity index (χ4v) is 4.08. The Morgan fingerprint density at radius 1 is 0.643 bits per heavy atom. The van der Waals surface area contributed by atoms with Crippen LogP contribution in [0.1, 0.15) is 38.5 Å². The molecule has 4 unspecified atom stereocenters. The first-order chi connectivity index (χ1) is 6.93. The molecular weight excluding hydrogens is 172 g/mol. The highest BCUT2D eigenvalue weighted by Crippen LogP contribution is 2.44. The second-order valence-electron chi connectivity index (χ2n) is 5.32. The molecule has 0 aromatic carbocycles. The molecule has 4 atom stereocenters. The van der Waals surface area contributed by atoms with Gasteiger partial charge in [-0.2, -0.15) is 0 Å². The molecule has 4 heterocycles. The monoisotopic (exact) mass is 190 g/mol. The number of rotatable bonds is 0. The Bertz CT molecular complexity index is 250. The van der Waals surface area contributed by atoms with Gasteiger partial charge in [-0.15, -0.1) is 0 Å². The average molecular weight is 190 g/mol. The zero-order chi connectivity index (χ0) is 9.12. The van der Waals surface area contributed by atoms with Gasteiger partial charge in [-0.1, -0.05) is 12.2 Å². The molecule has 2 aliphatic carbocycles. The summed E-state index contributed by atoms with van der Waals surface area (Å²) in [6.07, 6.45) is 13.6. The van der Waals surface area contributed by atoms with Crippen LogP contribution in [0.25, 0.3) is 0 Å². The van der Waals surface area contributed by atoms with Crippen LogP contribution in [0.4, 0.5) is 0 Å². The molecule has 0 amide bonds. The molecule has 4 aliphatic heterocycles. The smallest absolute Gasteiger partial charge is 0.0430 e. The van der Waals surface area contributed by atoms with Crippen LogP contribution in [-0.4, -0.2) is 34.2 Å². The molecule has 3 saturated heterocycles. The molecule has 0 aromatic rings. The van der Waals surface area contributed by atoms with Gasteiger partial charge in [-0.25, -0.2) is 10.0 Å². The van der Waals surface area contributed by atoms with Gasteiger partial charge in [0.15, 0.2) is 0 Å². The van der Waals surface area contributed by atoms with E-state index < -0.39 is 0 Å². The van der Waals surface area contributed by atoms with Gasteiger partial charge in [-0.05, 0) is 38.5 Å². The Balaban J connectivity index is 1.77. The van der Waals surface area contributed by atoms with Gasteiger partial charge in [-0.3, -0.25) is 0 Å². The van der Waals surface area contributed by atoms with E-state index in [1.165, 1.54) is 38.5 Å². The van der Waals surface area contributed by atoms with Crippen molar-refractivity contribution in [2.75, 3.05) is 0 Å². The van der Waals surface area contributed by atoms with Gasteiger partial charge in [0.1, 0.15) is 0 Å². The third-order valence-corrected chi connectivity index (χ3v) is 4.67. The van der Waals surface area contributed by atoms with E-state index in [1.807, 2.05) is 0 Å². The maximum Gasteiger partial charge on any atom is 0.0430 e. The highest BCUT2D eigenvalue weighted by Gasteiger charge is 2.48.